The van der Waals surface area contributed by atoms with Gasteiger partial charge in [-0.25, -0.2) is 0 Å². The molecule has 39 valence electrons. The minimum absolute atomic E-state index is 0.622. The minimum Gasteiger partial charge on any atom is -0.495 e. The van der Waals surface area contributed by atoms with Gasteiger partial charge in [0.15, 0.2) is 5.76 Å². The number of hydrogen-bond donors (Lipinski definition) is 1. The molecular formula is C4H6NO2. The van der Waals surface area contributed by atoms with Crippen molar-refractivity contribution in [2.24, 2.45) is 0 Å². The molecule has 0 saturated heterocycles. The van der Waals surface area contributed by atoms with Crippen LogP contribution in [0.3, 0.4) is 0 Å². The van der Waals surface area contributed by atoms with E-state index in [4.69, 9.17) is 4.74 Å². The van der Waals surface area contributed by atoms with E-state index in [1.54, 1.807) is 7.11 Å². The molecule has 0 aliphatic carbocycles. The fourth-order valence-corrected chi connectivity index (χ4v) is 0.345. The lowest BCUT2D eigenvalue weighted by molar-refractivity contribution is 0.151. The lowest BCUT2D eigenvalue weighted by atomic mass is 10.6. The Morgan fingerprint density at radius 1 is 2.00 bits per heavy atom. The van der Waals surface area contributed by atoms with Crippen molar-refractivity contribution in [2.75, 3.05) is 13.7 Å². The zero-order chi connectivity index (χ0) is 5.11. The molecule has 3 heteroatoms. The van der Waals surface area contributed by atoms with Crippen LogP contribution in [0.2, 0.25) is 0 Å². The fourth-order valence-electron chi connectivity index (χ4n) is 0.345. The third-order valence-electron chi connectivity index (χ3n) is 0.716. The zero-order valence-electron chi connectivity index (χ0n) is 4.02. The first kappa shape index (κ1) is 4.46. The standard InChI is InChI=1S/C4H6NO2/c1-6-4-2-5-7-3-4/h5H,2H2,1H3. The van der Waals surface area contributed by atoms with Crippen LogP contribution in [0.25, 0.3) is 0 Å². The summed E-state index contributed by atoms with van der Waals surface area (Å²) in [6, 6.07) is 0. The predicted molar refractivity (Wildman–Crippen MR) is 22.9 cm³/mol. The third-order valence-corrected chi connectivity index (χ3v) is 0.716. The number of rotatable bonds is 1. The summed E-state index contributed by atoms with van der Waals surface area (Å²) in [5.74, 6) is 0.708. The molecule has 1 aliphatic rings. The van der Waals surface area contributed by atoms with Crippen LogP contribution in [-0.4, -0.2) is 13.7 Å². The second-order valence-electron chi connectivity index (χ2n) is 1.15. The Bertz CT molecular complexity index is 89.7. The van der Waals surface area contributed by atoms with Crippen molar-refractivity contribution in [1.82, 2.24) is 5.48 Å². The Kier molecular flexibility index (Phi) is 1.17. The molecule has 1 radical (unpaired) electrons. The van der Waals surface area contributed by atoms with E-state index in [2.05, 4.69) is 16.6 Å². The van der Waals surface area contributed by atoms with Crippen LogP contribution < -0.4 is 5.48 Å². The molecule has 3 nitrogen and oxygen atoms in total. The first-order chi connectivity index (χ1) is 3.43. The summed E-state index contributed by atoms with van der Waals surface area (Å²) in [6.07, 6.45) is 2.49. The van der Waals surface area contributed by atoms with Crippen LogP contribution in [0.1, 0.15) is 0 Å². The van der Waals surface area contributed by atoms with Gasteiger partial charge in [-0.3, -0.25) is 0 Å². The molecule has 1 rings (SSSR count). The Balaban J connectivity index is 2.36. The van der Waals surface area contributed by atoms with Crippen LogP contribution in [-0.2, 0) is 9.57 Å². The summed E-state index contributed by atoms with van der Waals surface area (Å²) in [5.41, 5.74) is 2.55. The Labute approximate surface area is 41.9 Å². The highest BCUT2D eigenvalue weighted by Gasteiger charge is 2.02. The number of hydroxylamine groups is 1. The van der Waals surface area contributed by atoms with E-state index in [-0.39, 0.29) is 0 Å². The number of hydrogen-bond acceptors (Lipinski definition) is 3. The van der Waals surface area contributed by atoms with Crippen LogP contribution in [0.5, 0.6) is 0 Å². The molecule has 1 N–H and O–H groups in total. The van der Waals surface area contributed by atoms with E-state index >= 15 is 0 Å². The molecule has 0 fully saturated rings. The second-order valence-corrected chi connectivity index (χ2v) is 1.15. The maximum absolute atomic E-state index is 4.73. The topological polar surface area (TPSA) is 30.5 Å². The molecule has 7 heavy (non-hydrogen) atoms. The molecule has 0 aromatic heterocycles. The summed E-state index contributed by atoms with van der Waals surface area (Å²) < 4.78 is 4.73. The SMILES string of the molecule is COC1=[C]ONC1. The molecule has 0 bridgehead atoms. The number of nitrogens with one attached hydrogen (secondary N) is 1. The van der Waals surface area contributed by atoms with E-state index in [0.29, 0.717) is 12.3 Å². The van der Waals surface area contributed by atoms with Crippen molar-refractivity contribution in [2.45, 2.75) is 0 Å². The zero-order valence-corrected chi connectivity index (χ0v) is 4.02. The van der Waals surface area contributed by atoms with Crippen molar-refractivity contribution >= 4 is 0 Å². The highest BCUT2D eigenvalue weighted by molar-refractivity contribution is 4.86. The molecule has 0 aromatic carbocycles. The molecule has 0 atom stereocenters. The molecule has 1 aliphatic heterocycles. The van der Waals surface area contributed by atoms with Crippen molar-refractivity contribution in [3.63, 3.8) is 0 Å². The second kappa shape index (κ2) is 1.84. The molecule has 0 aromatic rings. The van der Waals surface area contributed by atoms with Gasteiger partial charge in [-0.1, -0.05) is 0 Å². The van der Waals surface area contributed by atoms with Crippen molar-refractivity contribution in [3.8, 4) is 0 Å². The first-order valence-electron chi connectivity index (χ1n) is 1.98. The molecule has 0 saturated carbocycles. The van der Waals surface area contributed by atoms with Crippen molar-refractivity contribution in [3.05, 3.63) is 12.0 Å². The van der Waals surface area contributed by atoms with Gasteiger partial charge in [0.25, 0.3) is 0 Å². The van der Waals surface area contributed by atoms with Gasteiger partial charge < -0.3 is 9.57 Å². The number of methoxy groups -OCH3 is 1. The molecule has 0 unspecified atom stereocenters. The van der Waals surface area contributed by atoms with E-state index in [9.17, 15) is 0 Å². The van der Waals surface area contributed by atoms with Gasteiger partial charge in [-0.05, 0) is 0 Å². The maximum Gasteiger partial charge on any atom is 0.234 e. The summed E-state index contributed by atoms with van der Waals surface area (Å²) in [5, 5.41) is 0. The van der Waals surface area contributed by atoms with Gasteiger partial charge in [0.05, 0.1) is 13.7 Å². The normalized spacial score (nSPS) is 18.1. The Morgan fingerprint density at radius 2 is 2.86 bits per heavy atom. The average molecular weight is 100 g/mol. The van der Waals surface area contributed by atoms with Crippen LogP contribution in [0.4, 0.5) is 0 Å². The van der Waals surface area contributed by atoms with Gasteiger partial charge in [0.1, 0.15) is 0 Å². The fraction of sp³-hybridized carbons (Fsp3) is 0.500. The van der Waals surface area contributed by atoms with Crippen LogP contribution in [0.15, 0.2) is 5.76 Å². The lowest BCUT2D eigenvalue weighted by Gasteiger charge is -1.90. The van der Waals surface area contributed by atoms with Gasteiger partial charge >= 0.3 is 0 Å². The summed E-state index contributed by atoms with van der Waals surface area (Å²) in [6.45, 7) is 0.622. The minimum atomic E-state index is 0.622. The van der Waals surface area contributed by atoms with E-state index < -0.39 is 0 Å². The van der Waals surface area contributed by atoms with Crippen molar-refractivity contribution < 1.29 is 9.57 Å². The van der Waals surface area contributed by atoms with Gasteiger partial charge in [-0.15, -0.1) is 5.48 Å². The molecular weight excluding hydrogens is 94.0 g/mol. The Hall–Kier alpha value is -0.700. The highest BCUT2D eigenvalue weighted by atomic mass is 16.7. The van der Waals surface area contributed by atoms with E-state index in [1.807, 2.05) is 0 Å². The van der Waals surface area contributed by atoms with Crippen LogP contribution >= 0.6 is 0 Å². The van der Waals surface area contributed by atoms with E-state index in [1.165, 1.54) is 0 Å². The maximum atomic E-state index is 4.73. The first-order valence-corrected chi connectivity index (χ1v) is 1.98. The molecule has 0 amide bonds. The molecule has 0 spiro atoms. The third kappa shape index (κ3) is 0.838. The summed E-state index contributed by atoms with van der Waals surface area (Å²) in [4.78, 5) is 4.49. The summed E-state index contributed by atoms with van der Waals surface area (Å²) in [7, 11) is 1.58. The monoisotopic (exact) mass is 100 g/mol. The quantitative estimate of drug-likeness (QED) is 0.495. The van der Waals surface area contributed by atoms with Gasteiger partial charge in [0, 0.05) is 0 Å². The Morgan fingerprint density at radius 3 is 3.14 bits per heavy atom. The summed E-state index contributed by atoms with van der Waals surface area (Å²) >= 11 is 0. The largest absolute Gasteiger partial charge is 0.495 e. The lowest BCUT2D eigenvalue weighted by Crippen LogP contribution is -2.06. The average Bonchev–Trinajstić information content (AvgIpc) is 2.14. The van der Waals surface area contributed by atoms with E-state index in [0.717, 1.165) is 0 Å². The van der Waals surface area contributed by atoms with Crippen molar-refractivity contribution in [1.29, 1.82) is 0 Å². The predicted octanol–water partition coefficient (Wildman–Crippen LogP) is -0.188. The van der Waals surface area contributed by atoms with Gasteiger partial charge in [-0.2, -0.15) is 0 Å². The smallest absolute Gasteiger partial charge is 0.234 e. The molecule has 1 heterocycles. The van der Waals surface area contributed by atoms with Crippen LogP contribution in [0, 0.1) is 6.26 Å². The van der Waals surface area contributed by atoms with Gasteiger partial charge in [0.2, 0.25) is 6.26 Å². The highest BCUT2D eigenvalue weighted by Crippen LogP contribution is 1.96. The number of ether oxygens (including phenoxy) is 1.